The van der Waals surface area contributed by atoms with E-state index in [0.717, 1.165) is 0 Å². The van der Waals surface area contributed by atoms with Gasteiger partial charge in [0.05, 0.1) is 6.61 Å². The summed E-state index contributed by atoms with van der Waals surface area (Å²) in [5.74, 6) is -0.269. The lowest BCUT2D eigenvalue weighted by molar-refractivity contribution is -0.169. The van der Waals surface area contributed by atoms with Gasteiger partial charge < -0.3 is 9.47 Å². The summed E-state index contributed by atoms with van der Waals surface area (Å²) in [5.41, 5.74) is -0.759. The molecule has 3 nitrogen and oxygen atoms in total. The monoisotopic (exact) mass is 174 g/mol. The number of esters is 1. The van der Waals surface area contributed by atoms with Crippen molar-refractivity contribution in [3.05, 3.63) is 0 Å². The second-order valence-corrected chi connectivity index (χ2v) is 2.74. The highest BCUT2D eigenvalue weighted by Crippen LogP contribution is 2.16. The van der Waals surface area contributed by atoms with Gasteiger partial charge >= 0.3 is 5.97 Å². The van der Waals surface area contributed by atoms with Gasteiger partial charge in [0.25, 0.3) is 0 Å². The van der Waals surface area contributed by atoms with Gasteiger partial charge in [0.1, 0.15) is 0 Å². The van der Waals surface area contributed by atoms with Crippen LogP contribution in [0, 0.1) is 0 Å². The van der Waals surface area contributed by atoms with Gasteiger partial charge in [-0.15, -0.1) is 0 Å². The van der Waals surface area contributed by atoms with Crippen molar-refractivity contribution in [2.75, 3.05) is 13.2 Å². The Bertz CT molecular complexity index is 145. The van der Waals surface area contributed by atoms with Gasteiger partial charge in [-0.3, -0.25) is 0 Å². The highest BCUT2D eigenvalue weighted by Gasteiger charge is 2.33. The van der Waals surface area contributed by atoms with Crippen LogP contribution in [0.1, 0.15) is 34.1 Å². The van der Waals surface area contributed by atoms with Crippen LogP contribution in [0.2, 0.25) is 0 Å². The summed E-state index contributed by atoms with van der Waals surface area (Å²) >= 11 is 0. The van der Waals surface area contributed by atoms with E-state index in [0.29, 0.717) is 19.6 Å². The molecule has 12 heavy (non-hydrogen) atoms. The number of hydrogen-bond donors (Lipinski definition) is 0. The molecule has 0 radical (unpaired) electrons. The molecular formula is C9H18O3. The largest absolute Gasteiger partial charge is 0.464 e. The molecule has 3 heteroatoms. The maximum atomic E-state index is 11.3. The number of ether oxygens (including phenoxy) is 2. The normalized spacial score (nSPS) is 15.3. The topological polar surface area (TPSA) is 35.5 Å². The van der Waals surface area contributed by atoms with E-state index in [1.165, 1.54) is 0 Å². The zero-order valence-corrected chi connectivity index (χ0v) is 8.35. The fourth-order valence-corrected chi connectivity index (χ4v) is 0.908. The number of carbonyl (C=O) groups excluding carboxylic acids is 1. The van der Waals surface area contributed by atoms with Crippen molar-refractivity contribution in [1.29, 1.82) is 0 Å². The third kappa shape index (κ3) is 2.81. The van der Waals surface area contributed by atoms with Crippen molar-refractivity contribution in [1.82, 2.24) is 0 Å². The molecule has 72 valence electrons. The molecular weight excluding hydrogens is 156 g/mol. The lowest BCUT2D eigenvalue weighted by atomic mass is 10.0. The van der Waals surface area contributed by atoms with Crippen LogP contribution in [-0.2, 0) is 14.3 Å². The van der Waals surface area contributed by atoms with Gasteiger partial charge in [-0.2, -0.15) is 0 Å². The SMILES string of the molecule is CCOC(=O)C(C)(CC)OCC. The Kier molecular flexibility index (Phi) is 4.90. The summed E-state index contributed by atoms with van der Waals surface area (Å²) in [6.45, 7) is 8.26. The first kappa shape index (κ1) is 11.4. The van der Waals surface area contributed by atoms with Gasteiger partial charge in [0.2, 0.25) is 0 Å². The molecule has 0 saturated heterocycles. The average Bonchev–Trinajstić information content (AvgIpc) is 2.05. The minimum atomic E-state index is -0.759. The van der Waals surface area contributed by atoms with Crippen molar-refractivity contribution in [3.8, 4) is 0 Å². The first-order valence-corrected chi connectivity index (χ1v) is 4.41. The van der Waals surface area contributed by atoms with Crippen LogP contribution in [-0.4, -0.2) is 24.8 Å². The predicted molar refractivity (Wildman–Crippen MR) is 47.0 cm³/mol. The minimum absolute atomic E-state index is 0.269. The van der Waals surface area contributed by atoms with Crippen molar-refractivity contribution < 1.29 is 14.3 Å². The van der Waals surface area contributed by atoms with Gasteiger partial charge in [-0.1, -0.05) is 6.92 Å². The Morgan fingerprint density at radius 1 is 1.25 bits per heavy atom. The fourth-order valence-electron chi connectivity index (χ4n) is 0.908. The summed E-state index contributed by atoms with van der Waals surface area (Å²) < 4.78 is 10.2. The lowest BCUT2D eigenvalue weighted by Gasteiger charge is -2.25. The first-order chi connectivity index (χ1) is 5.60. The molecule has 0 aliphatic rings. The fraction of sp³-hybridized carbons (Fsp3) is 0.889. The van der Waals surface area contributed by atoms with E-state index >= 15 is 0 Å². The van der Waals surface area contributed by atoms with E-state index in [9.17, 15) is 4.79 Å². The molecule has 0 saturated carbocycles. The third-order valence-electron chi connectivity index (χ3n) is 1.84. The molecule has 1 atom stereocenters. The summed E-state index contributed by atoms with van der Waals surface area (Å²) in [6.07, 6.45) is 0.639. The van der Waals surface area contributed by atoms with E-state index in [-0.39, 0.29) is 5.97 Å². The molecule has 0 aliphatic carbocycles. The van der Waals surface area contributed by atoms with E-state index in [2.05, 4.69) is 0 Å². The Hall–Kier alpha value is -0.570. The Labute approximate surface area is 74.0 Å². The van der Waals surface area contributed by atoms with Gasteiger partial charge in [-0.25, -0.2) is 4.79 Å². The van der Waals surface area contributed by atoms with Crippen LogP contribution < -0.4 is 0 Å². The Morgan fingerprint density at radius 3 is 2.17 bits per heavy atom. The highest BCUT2D eigenvalue weighted by molar-refractivity contribution is 5.78. The number of rotatable bonds is 5. The maximum Gasteiger partial charge on any atom is 0.338 e. The summed E-state index contributed by atoms with van der Waals surface area (Å²) in [7, 11) is 0. The Morgan fingerprint density at radius 2 is 1.83 bits per heavy atom. The van der Waals surface area contributed by atoms with Crippen molar-refractivity contribution >= 4 is 5.97 Å². The molecule has 0 rings (SSSR count). The van der Waals surface area contributed by atoms with Gasteiger partial charge in [0.15, 0.2) is 5.60 Å². The van der Waals surface area contributed by atoms with Crippen molar-refractivity contribution in [2.24, 2.45) is 0 Å². The number of carbonyl (C=O) groups is 1. The second-order valence-electron chi connectivity index (χ2n) is 2.74. The molecule has 0 N–H and O–H groups in total. The van der Waals surface area contributed by atoms with Crippen LogP contribution in [0.4, 0.5) is 0 Å². The Balaban J connectivity index is 4.18. The zero-order valence-electron chi connectivity index (χ0n) is 8.35. The van der Waals surface area contributed by atoms with Crippen LogP contribution in [0.25, 0.3) is 0 Å². The van der Waals surface area contributed by atoms with Gasteiger partial charge in [-0.05, 0) is 27.2 Å². The summed E-state index contributed by atoms with van der Waals surface area (Å²) in [5, 5.41) is 0. The lowest BCUT2D eigenvalue weighted by Crippen LogP contribution is -2.39. The average molecular weight is 174 g/mol. The molecule has 0 spiro atoms. The third-order valence-corrected chi connectivity index (χ3v) is 1.84. The first-order valence-electron chi connectivity index (χ1n) is 4.41. The molecule has 0 fully saturated rings. The molecule has 0 aliphatic heterocycles. The van der Waals surface area contributed by atoms with Crippen molar-refractivity contribution in [3.63, 3.8) is 0 Å². The van der Waals surface area contributed by atoms with Crippen LogP contribution in [0.3, 0.4) is 0 Å². The molecule has 0 aromatic carbocycles. The quantitative estimate of drug-likeness (QED) is 0.596. The molecule has 0 aromatic rings. The summed E-state index contributed by atoms with van der Waals surface area (Å²) in [6, 6.07) is 0. The van der Waals surface area contributed by atoms with Gasteiger partial charge in [0, 0.05) is 6.61 Å². The van der Waals surface area contributed by atoms with E-state index in [1.807, 2.05) is 13.8 Å². The minimum Gasteiger partial charge on any atom is -0.464 e. The number of hydrogen-bond acceptors (Lipinski definition) is 3. The molecule has 1 unspecified atom stereocenters. The maximum absolute atomic E-state index is 11.3. The molecule has 0 bridgehead atoms. The molecule has 0 amide bonds. The van der Waals surface area contributed by atoms with Crippen LogP contribution in [0.15, 0.2) is 0 Å². The van der Waals surface area contributed by atoms with E-state index in [1.54, 1.807) is 13.8 Å². The molecule has 0 aromatic heterocycles. The van der Waals surface area contributed by atoms with Crippen molar-refractivity contribution in [2.45, 2.75) is 39.7 Å². The smallest absolute Gasteiger partial charge is 0.338 e. The standard InChI is InChI=1S/C9H18O3/c1-5-9(4,12-7-3)8(10)11-6-2/h5-7H2,1-4H3. The predicted octanol–water partition coefficient (Wildman–Crippen LogP) is 1.75. The molecule has 0 heterocycles. The zero-order chi connectivity index (χ0) is 9.61. The highest BCUT2D eigenvalue weighted by atomic mass is 16.6. The van der Waals surface area contributed by atoms with E-state index in [4.69, 9.17) is 9.47 Å². The van der Waals surface area contributed by atoms with Crippen LogP contribution in [0.5, 0.6) is 0 Å². The summed E-state index contributed by atoms with van der Waals surface area (Å²) in [4.78, 5) is 11.3. The van der Waals surface area contributed by atoms with Crippen LogP contribution >= 0.6 is 0 Å². The second kappa shape index (κ2) is 5.14. The van der Waals surface area contributed by atoms with E-state index < -0.39 is 5.60 Å².